The van der Waals surface area contributed by atoms with Gasteiger partial charge in [-0.1, -0.05) is 54.6 Å². The van der Waals surface area contributed by atoms with Crippen LogP contribution >= 0.6 is 0 Å². The maximum absolute atomic E-state index is 12.2. The van der Waals surface area contributed by atoms with Crippen LogP contribution in [-0.4, -0.2) is 34.9 Å². The summed E-state index contributed by atoms with van der Waals surface area (Å²) in [5.74, 6) is -2.74. The van der Waals surface area contributed by atoms with Crippen LogP contribution in [0.1, 0.15) is 43.3 Å². The first-order valence-electron chi connectivity index (χ1n) is 9.64. The average molecular weight is 417 g/mol. The molecule has 0 atom stereocenters. The maximum Gasteiger partial charge on any atom is 0.407 e. The molecule has 0 heterocycles. The van der Waals surface area contributed by atoms with Crippen molar-refractivity contribution in [1.29, 1.82) is 0 Å². The molecule has 4 rings (SSSR count). The minimum atomic E-state index is -1.35. The number of carboxylic acids is 2. The van der Waals surface area contributed by atoms with E-state index in [-0.39, 0.29) is 30.2 Å². The highest BCUT2D eigenvalue weighted by molar-refractivity contribution is 6.01. The van der Waals surface area contributed by atoms with E-state index in [4.69, 9.17) is 9.84 Å². The molecule has 1 aliphatic carbocycles. The van der Waals surface area contributed by atoms with Crippen LogP contribution in [-0.2, 0) is 11.3 Å². The van der Waals surface area contributed by atoms with Gasteiger partial charge in [-0.3, -0.25) is 0 Å². The number of amides is 1. The van der Waals surface area contributed by atoms with Gasteiger partial charge >= 0.3 is 18.0 Å². The molecule has 0 saturated carbocycles. The van der Waals surface area contributed by atoms with Gasteiger partial charge in [0.15, 0.2) is 0 Å². The fraction of sp³-hybridized carbons (Fsp3) is 0.125. The second-order valence-electron chi connectivity index (χ2n) is 7.17. The number of carbonyl (C=O) groups is 3. The van der Waals surface area contributed by atoms with E-state index in [9.17, 15) is 19.5 Å². The van der Waals surface area contributed by atoms with Crippen molar-refractivity contribution in [2.75, 3.05) is 6.61 Å². The zero-order chi connectivity index (χ0) is 22.0. The monoisotopic (exact) mass is 417 g/mol. The lowest BCUT2D eigenvalue weighted by Gasteiger charge is -2.15. The Hall–Kier alpha value is -4.13. The Kier molecular flexibility index (Phi) is 5.41. The molecule has 0 radical (unpaired) electrons. The molecule has 3 aromatic carbocycles. The highest BCUT2D eigenvalue weighted by Crippen LogP contribution is 2.44. The SMILES string of the molecule is O=C(NCc1ccc(C(=O)O)c(C(=O)O)c1)OCC1c2ccccc2-c2ccccc21. The number of ether oxygens (including phenoxy) is 1. The Morgan fingerprint density at radius 2 is 1.39 bits per heavy atom. The van der Waals surface area contributed by atoms with Crippen LogP contribution in [0, 0.1) is 0 Å². The van der Waals surface area contributed by atoms with E-state index >= 15 is 0 Å². The summed E-state index contributed by atoms with van der Waals surface area (Å²) in [4.78, 5) is 34.7. The van der Waals surface area contributed by atoms with Gasteiger partial charge in [-0.25, -0.2) is 14.4 Å². The first-order chi connectivity index (χ1) is 15.0. The van der Waals surface area contributed by atoms with Gasteiger partial charge in [-0.15, -0.1) is 0 Å². The predicted octanol–water partition coefficient (Wildman–Crippen LogP) is 4.12. The van der Waals surface area contributed by atoms with E-state index in [2.05, 4.69) is 17.4 Å². The molecule has 0 saturated heterocycles. The van der Waals surface area contributed by atoms with E-state index in [1.807, 2.05) is 36.4 Å². The molecule has 3 aromatic rings. The number of hydrogen-bond acceptors (Lipinski definition) is 4. The van der Waals surface area contributed by atoms with Crippen molar-refractivity contribution < 1.29 is 29.3 Å². The fourth-order valence-electron chi connectivity index (χ4n) is 3.89. The van der Waals surface area contributed by atoms with Crippen LogP contribution in [0.3, 0.4) is 0 Å². The summed E-state index contributed by atoms with van der Waals surface area (Å²) in [7, 11) is 0. The topological polar surface area (TPSA) is 113 Å². The number of carboxylic acid groups (broad SMARTS) is 2. The van der Waals surface area contributed by atoms with E-state index in [1.165, 1.54) is 18.2 Å². The summed E-state index contributed by atoms with van der Waals surface area (Å²) in [6.45, 7) is 0.176. The summed E-state index contributed by atoms with van der Waals surface area (Å²) in [6, 6.07) is 19.9. The van der Waals surface area contributed by atoms with Gasteiger partial charge in [0.25, 0.3) is 0 Å². The summed E-state index contributed by atoms with van der Waals surface area (Å²) >= 11 is 0. The Bertz CT molecular complexity index is 1140. The van der Waals surface area contributed by atoms with Crippen LogP contribution in [0.2, 0.25) is 0 Å². The molecule has 156 valence electrons. The molecule has 0 bridgehead atoms. The molecule has 1 aliphatic rings. The molecule has 3 N–H and O–H groups in total. The summed E-state index contributed by atoms with van der Waals surface area (Å²) in [5, 5.41) is 20.9. The standard InChI is InChI=1S/C24H19NO6/c26-22(27)19-10-9-14(11-20(19)23(28)29)12-25-24(30)31-13-21-17-7-3-1-5-15(17)16-6-2-4-8-18(16)21/h1-11,21H,12-13H2,(H,25,30)(H,26,27)(H,28,29). The molecular weight excluding hydrogens is 398 g/mol. The highest BCUT2D eigenvalue weighted by atomic mass is 16.5. The summed E-state index contributed by atoms with van der Waals surface area (Å²) in [6.07, 6.45) is -0.638. The Morgan fingerprint density at radius 1 is 0.806 bits per heavy atom. The summed E-state index contributed by atoms with van der Waals surface area (Å²) < 4.78 is 5.44. The van der Waals surface area contributed by atoms with Crippen LogP contribution < -0.4 is 5.32 Å². The lowest BCUT2D eigenvalue weighted by Crippen LogP contribution is -2.26. The fourth-order valence-corrected chi connectivity index (χ4v) is 3.89. The first kappa shape index (κ1) is 20.2. The molecule has 0 aliphatic heterocycles. The second kappa shape index (κ2) is 8.31. The Labute approximate surface area is 177 Å². The van der Waals surface area contributed by atoms with Crippen molar-refractivity contribution in [2.24, 2.45) is 0 Å². The van der Waals surface area contributed by atoms with Gasteiger partial charge in [0.2, 0.25) is 0 Å². The number of carbonyl (C=O) groups excluding carboxylic acids is 1. The Balaban J connectivity index is 1.41. The normalized spacial score (nSPS) is 12.0. The van der Waals surface area contributed by atoms with E-state index in [0.29, 0.717) is 5.56 Å². The largest absolute Gasteiger partial charge is 0.478 e. The minimum Gasteiger partial charge on any atom is -0.478 e. The zero-order valence-electron chi connectivity index (χ0n) is 16.4. The van der Waals surface area contributed by atoms with Gasteiger partial charge < -0.3 is 20.3 Å². The molecule has 7 heteroatoms. The van der Waals surface area contributed by atoms with E-state index in [0.717, 1.165) is 22.3 Å². The van der Waals surface area contributed by atoms with Crippen molar-refractivity contribution >= 4 is 18.0 Å². The van der Waals surface area contributed by atoms with Crippen molar-refractivity contribution in [3.05, 3.63) is 94.5 Å². The number of rotatable bonds is 6. The van der Waals surface area contributed by atoms with Gasteiger partial charge in [0.05, 0.1) is 11.1 Å². The smallest absolute Gasteiger partial charge is 0.407 e. The quantitative estimate of drug-likeness (QED) is 0.556. The van der Waals surface area contributed by atoms with Crippen molar-refractivity contribution in [1.82, 2.24) is 5.32 Å². The van der Waals surface area contributed by atoms with Crippen LogP contribution in [0.15, 0.2) is 66.7 Å². The third-order valence-electron chi connectivity index (χ3n) is 5.33. The number of aromatic carboxylic acids is 2. The summed E-state index contributed by atoms with van der Waals surface area (Å²) in [5.41, 5.74) is 4.28. The molecule has 31 heavy (non-hydrogen) atoms. The predicted molar refractivity (Wildman–Crippen MR) is 112 cm³/mol. The molecule has 0 unspecified atom stereocenters. The molecular formula is C24H19NO6. The van der Waals surface area contributed by atoms with E-state index < -0.39 is 18.0 Å². The van der Waals surface area contributed by atoms with Gasteiger partial charge in [0, 0.05) is 12.5 Å². The number of benzene rings is 3. The molecule has 7 nitrogen and oxygen atoms in total. The third kappa shape index (κ3) is 3.98. The van der Waals surface area contributed by atoms with E-state index in [1.54, 1.807) is 0 Å². The first-order valence-corrected chi connectivity index (χ1v) is 9.64. The molecule has 0 spiro atoms. The number of alkyl carbamates (subject to hydrolysis) is 1. The highest BCUT2D eigenvalue weighted by Gasteiger charge is 2.29. The lowest BCUT2D eigenvalue weighted by atomic mass is 9.98. The van der Waals surface area contributed by atoms with Gasteiger partial charge in [-0.2, -0.15) is 0 Å². The van der Waals surface area contributed by atoms with Crippen LogP contribution in [0.4, 0.5) is 4.79 Å². The second-order valence-corrected chi connectivity index (χ2v) is 7.17. The maximum atomic E-state index is 12.2. The third-order valence-corrected chi connectivity index (χ3v) is 5.33. The van der Waals surface area contributed by atoms with Crippen LogP contribution in [0.5, 0.6) is 0 Å². The molecule has 0 fully saturated rings. The number of nitrogens with one attached hydrogen (secondary N) is 1. The lowest BCUT2D eigenvalue weighted by molar-refractivity contribution is 0.0651. The molecule has 0 aromatic heterocycles. The number of hydrogen-bond donors (Lipinski definition) is 3. The number of fused-ring (bicyclic) bond motifs is 3. The average Bonchev–Trinajstić information content (AvgIpc) is 3.09. The zero-order valence-corrected chi connectivity index (χ0v) is 16.4. The molecule has 1 amide bonds. The van der Waals surface area contributed by atoms with Crippen molar-refractivity contribution in [2.45, 2.75) is 12.5 Å². The van der Waals surface area contributed by atoms with Crippen molar-refractivity contribution in [3.8, 4) is 11.1 Å². The Morgan fingerprint density at radius 3 is 1.97 bits per heavy atom. The van der Waals surface area contributed by atoms with Gasteiger partial charge in [-0.05, 0) is 39.9 Å². The van der Waals surface area contributed by atoms with Crippen molar-refractivity contribution in [3.63, 3.8) is 0 Å². The van der Waals surface area contributed by atoms with Gasteiger partial charge in [0.1, 0.15) is 6.61 Å². The van der Waals surface area contributed by atoms with Crippen LogP contribution in [0.25, 0.3) is 11.1 Å². The minimum absolute atomic E-state index is 0.0108.